The van der Waals surface area contributed by atoms with Gasteiger partial charge in [0.05, 0.1) is 0 Å². The van der Waals surface area contributed by atoms with Crippen molar-refractivity contribution >= 4 is 0 Å². The van der Waals surface area contributed by atoms with Crippen molar-refractivity contribution in [1.82, 2.24) is 5.32 Å². The van der Waals surface area contributed by atoms with Gasteiger partial charge in [-0.3, -0.25) is 0 Å². The number of rotatable bonds is 4. The minimum atomic E-state index is 0.621. The third-order valence-electron chi connectivity index (χ3n) is 1.10. The van der Waals surface area contributed by atoms with Crippen LogP contribution in [0, 0.1) is 0 Å². The summed E-state index contributed by atoms with van der Waals surface area (Å²) in [7, 11) is 0. The summed E-state index contributed by atoms with van der Waals surface area (Å²) in [4.78, 5) is 0. The molecule has 0 saturated carbocycles. The van der Waals surface area contributed by atoms with Gasteiger partial charge in [-0.1, -0.05) is 26.0 Å². The van der Waals surface area contributed by atoms with Crippen LogP contribution in [0.3, 0.4) is 0 Å². The lowest BCUT2D eigenvalue weighted by Crippen LogP contribution is -2.23. The summed E-state index contributed by atoms with van der Waals surface area (Å²) in [5.74, 6) is 0. The predicted molar refractivity (Wildman–Crippen MR) is 42.6 cm³/mol. The number of hydrogen-bond donors (Lipinski definition) is 1. The maximum absolute atomic E-state index is 3.33. The number of nitrogens with one attached hydrogen (secondary N) is 1. The molecule has 0 unspecified atom stereocenters. The highest BCUT2D eigenvalue weighted by Gasteiger charge is 1.86. The van der Waals surface area contributed by atoms with Crippen molar-refractivity contribution in [3.8, 4) is 0 Å². The first-order valence-electron chi connectivity index (χ1n) is 3.62. The zero-order chi connectivity index (χ0) is 7.11. The summed E-state index contributed by atoms with van der Waals surface area (Å²) < 4.78 is 0. The van der Waals surface area contributed by atoms with Crippen LogP contribution in [0.4, 0.5) is 0 Å². The van der Waals surface area contributed by atoms with Crippen molar-refractivity contribution in [1.29, 1.82) is 0 Å². The van der Waals surface area contributed by atoms with Gasteiger partial charge in [0.2, 0.25) is 0 Å². The zero-order valence-corrected chi connectivity index (χ0v) is 6.65. The summed E-state index contributed by atoms with van der Waals surface area (Å²) in [6, 6.07) is 0.621. The summed E-state index contributed by atoms with van der Waals surface area (Å²) in [5.41, 5.74) is 0. The molecule has 0 aliphatic carbocycles. The van der Waals surface area contributed by atoms with Crippen LogP contribution in [0.25, 0.3) is 0 Å². The van der Waals surface area contributed by atoms with Gasteiger partial charge in [0.25, 0.3) is 0 Å². The van der Waals surface area contributed by atoms with Crippen LogP contribution in [0.2, 0.25) is 0 Å². The molecule has 0 amide bonds. The van der Waals surface area contributed by atoms with Crippen LogP contribution in [0.15, 0.2) is 12.2 Å². The van der Waals surface area contributed by atoms with Gasteiger partial charge in [0.1, 0.15) is 0 Å². The van der Waals surface area contributed by atoms with Gasteiger partial charge in [-0.2, -0.15) is 0 Å². The summed E-state index contributed by atoms with van der Waals surface area (Å²) in [6.07, 6.45) is 5.41. The van der Waals surface area contributed by atoms with Gasteiger partial charge in [-0.25, -0.2) is 0 Å². The van der Waals surface area contributed by atoms with E-state index in [9.17, 15) is 0 Å². The SMILES string of the molecule is C/C=C/CCNC(C)C. The molecule has 0 rings (SSSR count). The van der Waals surface area contributed by atoms with E-state index in [-0.39, 0.29) is 0 Å². The Hall–Kier alpha value is -0.300. The monoisotopic (exact) mass is 127 g/mol. The molecule has 0 spiro atoms. The molecular formula is C8H17N. The van der Waals surface area contributed by atoms with E-state index < -0.39 is 0 Å². The Morgan fingerprint density at radius 3 is 2.56 bits per heavy atom. The molecule has 0 fully saturated rings. The van der Waals surface area contributed by atoms with Crippen molar-refractivity contribution in [2.75, 3.05) is 6.54 Å². The van der Waals surface area contributed by atoms with Crippen molar-refractivity contribution in [2.45, 2.75) is 33.2 Å². The second-order valence-corrected chi connectivity index (χ2v) is 2.47. The highest BCUT2D eigenvalue weighted by molar-refractivity contribution is 4.77. The van der Waals surface area contributed by atoms with Gasteiger partial charge in [0.15, 0.2) is 0 Å². The van der Waals surface area contributed by atoms with Crippen LogP contribution < -0.4 is 5.32 Å². The maximum atomic E-state index is 3.33. The Morgan fingerprint density at radius 2 is 2.11 bits per heavy atom. The molecule has 9 heavy (non-hydrogen) atoms. The molecule has 1 N–H and O–H groups in total. The van der Waals surface area contributed by atoms with E-state index in [2.05, 4.69) is 38.2 Å². The standard InChI is InChI=1S/C8H17N/c1-4-5-6-7-9-8(2)3/h4-5,8-9H,6-7H2,1-3H3/b5-4+. The smallest absolute Gasteiger partial charge is 0.00105 e. The van der Waals surface area contributed by atoms with E-state index in [4.69, 9.17) is 0 Å². The Kier molecular flexibility index (Phi) is 5.64. The van der Waals surface area contributed by atoms with Gasteiger partial charge < -0.3 is 5.32 Å². The highest BCUT2D eigenvalue weighted by Crippen LogP contribution is 1.81. The molecule has 0 aromatic carbocycles. The third kappa shape index (κ3) is 7.70. The Bertz CT molecular complexity index is 74.6. The minimum Gasteiger partial charge on any atom is -0.314 e. The maximum Gasteiger partial charge on any atom is 0.00105 e. The van der Waals surface area contributed by atoms with Crippen LogP contribution >= 0.6 is 0 Å². The average molecular weight is 127 g/mol. The van der Waals surface area contributed by atoms with Gasteiger partial charge in [-0.15, -0.1) is 0 Å². The fourth-order valence-electron chi connectivity index (χ4n) is 0.622. The fourth-order valence-corrected chi connectivity index (χ4v) is 0.622. The molecule has 0 radical (unpaired) electrons. The second-order valence-electron chi connectivity index (χ2n) is 2.47. The Morgan fingerprint density at radius 1 is 1.44 bits per heavy atom. The molecule has 0 aromatic heterocycles. The largest absolute Gasteiger partial charge is 0.314 e. The Labute approximate surface area is 58.2 Å². The first kappa shape index (κ1) is 8.70. The molecule has 1 heteroatoms. The summed E-state index contributed by atoms with van der Waals surface area (Å²) in [6.45, 7) is 7.47. The summed E-state index contributed by atoms with van der Waals surface area (Å²) in [5, 5.41) is 3.33. The van der Waals surface area contributed by atoms with Gasteiger partial charge in [-0.05, 0) is 19.9 Å². The molecule has 0 atom stereocenters. The first-order valence-corrected chi connectivity index (χ1v) is 3.62. The van der Waals surface area contributed by atoms with E-state index in [1.807, 2.05) is 0 Å². The van der Waals surface area contributed by atoms with Gasteiger partial charge in [0, 0.05) is 6.04 Å². The molecule has 1 nitrogen and oxygen atoms in total. The number of allylic oxidation sites excluding steroid dienone is 1. The third-order valence-corrected chi connectivity index (χ3v) is 1.10. The minimum absolute atomic E-state index is 0.621. The second kappa shape index (κ2) is 5.83. The number of hydrogen-bond acceptors (Lipinski definition) is 1. The van der Waals surface area contributed by atoms with Crippen LogP contribution in [-0.4, -0.2) is 12.6 Å². The van der Waals surface area contributed by atoms with E-state index in [0.29, 0.717) is 6.04 Å². The molecule has 0 heterocycles. The van der Waals surface area contributed by atoms with E-state index in [0.717, 1.165) is 13.0 Å². The van der Waals surface area contributed by atoms with Crippen molar-refractivity contribution in [3.05, 3.63) is 12.2 Å². The lowest BCUT2D eigenvalue weighted by molar-refractivity contribution is 0.595. The molecule has 0 aliphatic heterocycles. The molecule has 54 valence electrons. The first-order chi connectivity index (χ1) is 4.27. The summed E-state index contributed by atoms with van der Waals surface area (Å²) >= 11 is 0. The fraction of sp³-hybridized carbons (Fsp3) is 0.750. The van der Waals surface area contributed by atoms with Crippen LogP contribution in [-0.2, 0) is 0 Å². The van der Waals surface area contributed by atoms with E-state index in [1.165, 1.54) is 0 Å². The van der Waals surface area contributed by atoms with E-state index >= 15 is 0 Å². The topological polar surface area (TPSA) is 12.0 Å². The normalized spacial score (nSPS) is 11.6. The molecule has 0 saturated heterocycles. The molecule has 0 aromatic rings. The molecular weight excluding hydrogens is 110 g/mol. The van der Waals surface area contributed by atoms with E-state index in [1.54, 1.807) is 0 Å². The van der Waals surface area contributed by atoms with Gasteiger partial charge >= 0.3 is 0 Å². The average Bonchev–Trinajstić information content (AvgIpc) is 1.80. The lowest BCUT2D eigenvalue weighted by Gasteiger charge is -2.04. The highest BCUT2D eigenvalue weighted by atomic mass is 14.9. The zero-order valence-electron chi connectivity index (χ0n) is 6.65. The molecule has 0 aliphatic rings. The quantitative estimate of drug-likeness (QED) is 0.449. The van der Waals surface area contributed by atoms with Crippen molar-refractivity contribution in [3.63, 3.8) is 0 Å². The van der Waals surface area contributed by atoms with Crippen molar-refractivity contribution < 1.29 is 0 Å². The van der Waals surface area contributed by atoms with Crippen molar-refractivity contribution in [2.24, 2.45) is 0 Å². The molecule has 0 bridgehead atoms. The Balaban J connectivity index is 2.91. The lowest BCUT2D eigenvalue weighted by atomic mass is 10.3. The van der Waals surface area contributed by atoms with Crippen LogP contribution in [0.1, 0.15) is 27.2 Å². The predicted octanol–water partition coefficient (Wildman–Crippen LogP) is 1.95. The van der Waals surface area contributed by atoms with Crippen LogP contribution in [0.5, 0.6) is 0 Å².